The van der Waals surface area contributed by atoms with E-state index in [1.807, 2.05) is 25.7 Å². The molecule has 1 aromatic rings. The zero-order valence-electron chi connectivity index (χ0n) is 14.4. The molecule has 1 aliphatic heterocycles. The fraction of sp³-hybridized carbons (Fsp3) is 0.706. The Kier molecular flexibility index (Phi) is 6.51. The molecule has 0 aliphatic carbocycles. The van der Waals surface area contributed by atoms with Crippen LogP contribution in [0.15, 0.2) is 15.9 Å². The lowest BCUT2D eigenvalue weighted by molar-refractivity contribution is 0.0214. The van der Waals surface area contributed by atoms with Crippen LogP contribution in [0.25, 0.3) is 0 Å². The first kappa shape index (κ1) is 18.7. The molecule has 2 heterocycles. The minimum Gasteiger partial charge on any atom is -0.444 e. The summed E-state index contributed by atoms with van der Waals surface area (Å²) < 4.78 is 6.70. The smallest absolute Gasteiger partial charge is 0.410 e. The van der Waals surface area contributed by atoms with Crippen LogP contribution in [0.5, 0.6) is 0 Å². The SMILES string of the molecule is CC(CC1CCCN1C(=O)OC(C)(C)C)NCc1sccc1Br. The Morgan fingerprint density at radius 3 is 2.91 bits per heavy atom. The van der Waals surface area contributed by atoms with Crippen LogP contribution in [0.1, 0.15) is 51.8 Å². The summed E-state index contributed by atoms with van der Waals surface area (Å²) in [4.78, 5) is 15.5. The van der Waals surface area contributed by atoms with Crippen LogP contribution in [-0.2, 0) is 11.3 Å². The predicted molar refractivity (Wildman–Crippen MR) is 98.9 cm³/mol. The minimum absolute atomic E-state index is 0.173. The maximum absolute atomic E-state index is 12.3. The molecule has 23 heavy (non-hydrogen) atoms. The number of carbonyl (C=O) groups excluding carboxylic acids is 1. The van der Waals surface area contributed by atoms with Crippen molar-refractivity contribution in [3.8, 4) is 0 Å². The van der Waals surface area contributed by atoms with Crippen molar-refractivity contribution in [2.45, 2.75) is 71.2 Å². The van der Waals surface area contributed by atoms with Crippen LogP contribution in [0.2, 0.25) is 0 Å². The standard InChI is InChI=1S/C17H27BrN2O2S/c1-12(19-11-15-14(18)7-9-23-15)10-13-6-5-8-20(13)16(21)22-17(2,3)4/h7,9,12-13,19H,5-6,8,10-11H2,1-4H3. The van der Waals surface area contributed by atoms with Crippen molar-refractivity contribution in [1.29, 1.82) is 0 Å². The van der Waals surface area contributed by atoms with Gasteiger partial charge in [-0.2, -0.15) is 0 Å². The van der Waals surface area contributed by atoms with Crippen molar-refractivity contribution >= 4 is 33.4 Å². The number of nitrogens with zero attached hydrogens (tertiary/aromatic N) is 1. The van der Waals surface area contributed by atoms with Gasteiger partial charge >= 0.3 is 6.09 Å². The van der Waals surface area contributed by atoms with Crippen LogP contribution in [-0.4, -0.2) is 35.2 Å². The van der Waals surface area contributed by atoms with Crippen LogP contribution >= 0.6 is 27.3 Å². The first-order valence-corrected chi connectivity index (χ1v) is 9.88. The Hall–Kier alpha value is -0.590. The third kappa shape index (κ3) is 5.76. The van der Waals surface area contributed by atoms with E-state index in [1.165, 1.54) is 9.35 Å². The number of rotatable bonds is 5. The van der Waals surface area contributed by atoms with E-state index in [0.29, 0.717) is 6.04 Å². The maximum atomic E-state index is 12.3. The largest absolute Gasteiger partial charge is 0.444 e. The molecule has 1 saturated heterocycles. The number of hydrogen-bond acceptors (Lipinski definition) is 4. The average molecular weight is 403 g/mol. The summed E-state index contributed by atoms with van der Waals surface area (Å²) in [6.45, 7) is 9.60. The lowest BCUT2D eigenvalue weighted by atomic mass is 10.1. The number of thiophene rings is 1. The highest BCUT2D eigenvalue weighted by molar-refractivity contribution is 9.10. The molecule has 0 radical (unpaired) electrons. The molecule has 1 N–H and O–H groups in total. The topological polar surface area (TPSA) is 41.6 Å². The molecule has 130 valence electrons. The number of halogens is 1. The Bertz CT molecular complexity index is 527. The van der Waals surface area contributed by atoms with Crippen LogP contribution < -0.4 is 5.32 Å². The van der Waals surface area contributed by atoms with Gasteiger partial charge < -0.3 is 15.0 Å². The second-order valence-electron chi connectivity index (χ2n) is 7.18. The van der Waals surface area contributed by atoms with Gasteiger partial charge in [0.2, 0.25) is 0 Å². The minimum atomic E-state index is -0.431. The number of carbonyl (C=O) groups is 1. The molecule has 2 atom stereocenters. The maximum Gasteiger partial charge on any atom is 0.410 e. The molecule has 0 spiro atoms. The molecule has 1 aliphatic rings. The molecular formula is C17H27BrN2O2S. The molecule has 1 amide bonds. The summed E-state index contributed by atoms with van der Waals surface area (Å²) in [6, 6.07) is 2.71. The van der Waals surface area contributed by atoms with Crippen molar-refractivity contribution in [1.82, 2.24) is 10.2 Å². The van der Waals surface area contributed by atoms with Crippen LogP contribution in [0.4, 0.5) is 4.79 Å². The summed E-state index contributed by atoms with van der Waals surface area (Å²) in [7, 11) is 0. The molecule has 1 fully saturated rings. The number of ether oxygens (including phenoxy) is 1. The average Bonchev–Trinajstić information content (AvgIpc) is 3.03. The van der Waals surface area contributed by atoms with Gasteiger partial charge in [-0.3, -0.25) is 0 Å². The monoisotopic (exact) mass is 402 g/mol. The molecule has 2 unspecified atom stereocenters. The quantitative estimate of drug-likeness (QED) is 0.770. The van der Waals surface area contributed by atoms with E-state index < -0.39 is 5.60 Å². The summed E-state index contributed by atoms with van der Waals surface area (Å²) in [6.07, 6.45) is 2.91. The van der Waals surface area contributed by atoms with Crippen LogP contribution in [0.3, 0.4) is 0 Å². The summed E-state index contributed by atoms with van der Waals surface area (Å²) in [5.41, 5.74) is -0.431. The third-order valence-corrected chi connectivity index (χ3v) is 5.86. The third-order valence-electron chi connectivity index (χ3n) is 3.93. The van der Waals surface area contributed by atoms with Crippen molar-refractivity contribution in [2.75, 3.05) is 6.54 Å². The first-order chi connectivity index (χ1) is 10.8. The molecule has 2 rings (SSSR count). The van der Waals surface area contributed by atoms with Gasteiger partial charge in [-0.15, -0.1) is 11.3 Å². The molecule has 0 bridgehead atoms. The van der Waals surface area contributed by atoms with E-state index >= 15 is 0 Å². The number of amides is 1. The molecule has 1 aromatic heterocycles. The zero-order chi connectivity index (χ0) is 17.0. The fourth-order valence-electron chi connectivity index (χ4n) is 2.85. The highest BCUT2D eigenvalue weighted by Crippen LogP contribution is 2.25. The van der Waals surface area contributed by atoms with E-state index in [4.69, 9.17) is 4.74 Å². The highest BCUT2D eigenvalue weighted by Gasteiger charge is 2.32. The Balaban J connectivity index is 1.83. The van der Waals surface area contributed by atoms with E-state index in [9.17, 15) is 4.79 Å². The lowest BCUT2D eigenvalue weighted by Gasteiger charge is -2.30. The summed E-state index contributed by atoms with van der Waals surface area (Å²) >= 11 is 5.31. The van der Waals surface area contributed by atoms with Gasteiger partial charge in [0, 0.05) is 34.5 Å². The van der Waals surface area contributed by atoms with E-state index in [-0.39, 0.29) is 12.1 Å². The molecule has 6 heteroatoms. The molecule has 0 aromatic carbocycles. The second kappa shape index (κ2) is 7.99. The number of hydrogen-bond donors (Lipinski definition) is 1. The first-order valence-electron chi connectivity index (χ1n) is 8.21. The molecule has 0 saturated carbocycles. The van der Waals surface area contributed by atoms with Crippen molar-refractivity contribution < 1.29 is 9.53 Å². The molecule has 4 nitrogen and oxygen atoms in total. The van der Waals surface area contributed by atoms with Crippen molar-refractivity contribution in [3.05, 3.63) is 20.8 Å². The van der Waals surface area contributed by atoms with Gasteiger partial charge in [0.05, 0.1) is 0 Å². The van der Waals surface area contributed by atoms with E-state index in [0.717, 1.165) is 32.4 Å². The Morgan fingerprint density at radius 2 is 2.30 bits per heavy atom. The Labute approximate surface area is 151 Å². The van der Waals surface area contributed by atoms with Gasteiger partial charge in [-0.25, -0.2) is 4.79 Å². The van der Waals surface area contributed by atoms with E-state index in [1.54, 1.807) is 11.3 Å². The molecular weight excluding hydrogens is 376 g/mol. The lowest BCUT2D eigenvalue weighted by Crippen LogP contribution is -2.42. The highest BCUT2D eigenvalue weighted by atomic mass is 79.9. The van der Waals surface area contributed by atoms with Gasteiger partial charge in [0.25, 0.3) is 0 Å². The van der Waals surface area contributed by atoms with Gasteiger partial charge in [0.1, 0.15) is 5.60 Å². The van der Waals surface area contributed by atoms with Gasteiger partial charge in [-0.05, 0) is 74.3 Å². The summed E-state index contributed by atoms with van der Waals surface area (Å²) in [5, 5.41) is 5.65. The Morgan fingerprint density at radius 1 is 1.57 bits per heavy atom. The fourth-order valence-corrected chi connectivity index (χ4v) is 4.29. The summed E-state index contributed by atoms with van der Waals surface area (Å²) in [5.74, 6) is 0. The number of likely N-dealkylation sites (tertiary alicyclic amines) is 1. The normalized spacial score (nSPS) is 19.9. The zero-order valence-corrected chi connectivity index (χ0v) is 16.8. The van der Waals surface area contributed by atoms with E-state index in [2.05, 4.69) is 39.6 Å². The second-order valence-corrected chi connectivity index (χ2v) is 9.03. The predicted octanol–water partition coefficient (Wildman–Crippen LogP) is 4.78. The van der Waals surface area contributed by atoms with Crippen molar-refractivity contribution in [3.63, 3.8) is 0 Å². The van der Waals surface area contributed by atoms with Crippen LogP contribution in [0, 0.1) is 0 Å². The van der Waals surface area contributed by atoms with Gasteiger partial charge in [-0.1, -0.05) is 0 Å². The number of nitrogens with one attached hydrogen (secondary N) is 1. The van der Waals surface area contributed by atoms with Gasteiger partial charge in [0.15, 0.2) is 0 Å². The van der Waals surface area contributed by atoms with Crippen molar-refractivity contribution in [2.24, 2.45) is 0 Å².